The number of carbonyl (C=O) groups excluding carboxylic acids is 1. The third kappa shape index (κ3) is 4.04. The Morgan fingerprint density at radius 1 is 1.35 bits per heavy atom. The molecule has 1 aliphatic carbocycles. The van der Waals surface area contributed by atoms with E-state index in [-0.39, 0.29) is 12.1 Å². The number of amides is 2. The van der Waals surface area contributed by atoms with Crippen LogP contribution in [-0.4, -0.2) is 52.1 Å². The van der Waals surface area contributed by atoms with E-state index in [2.05, 4.69) is 12.2 Å². The fourth-order valence-corrected chi connectivity index (χ4v) is 4.23. The minimum absolute atomic E-state index is 0.0805. The standard InChI is InChI=1S/C14H24N2O3S/c1-2-20-12-6-5-11(8-12)15-14(19)16-7-3-4-10(9-16)13(17)18/h10-12H,2-9H2,1H3,(H,15,19)(H,17,18). The molecule has 114 valence electrons. The molecule has 2 aliphatic rings. The molecular weight excluding hydrogens is 276 g/mol. The Kier molecular flexibility index (Phi) is 5.57. The fourth-order valence-electron chi connectivity index (χ4n) is 3.09. The van der Waals surface area contributed by atoms with E-state index in [0.717, 1.165) is 25.0 Å². The Bertz CT molecular complexity index is 364. The van der Waals surface area contributed by atoms with Crippen LogP contribution in [0.2, 0.25) is 0 Å². The van der Waals surface area contributed by atoms with Gasteiger partial charge in [-0.3, -0.25) is 4.79 Å². The highest BCUT2D eigenvalue weighted by Gasteiger charge is 2.31. The molecule has 2 fully saturated rings. The molecule has 1 aliphatic heterocycles. The fraction of sp³-hybridized carbons (Fsp3) is 0.857. The van der Waals surface area contributed by atoms with Crippen LogP contribution in [0.15, 0.2) is 0 Å². The average Bonchev–Trinajstić information content (AvgIpc) is 2.86. The molecule has 1 saturated carbocycles. The maximum Gasteiger partial charge on any atom is 0.317 e. The molecule has 0 aromatic heterocycles. The molecule has 0 aromatic carbocycles. The third-order valence-electron chi connectivity index (χ3n) is 4.17. The van der Waals surface area contributed by atoms with E-state index in [4.69, 9.17) is 5.11 Å². The molecule has 2 rings (SSSR count). The van der Waals surface area contributed by atoms with Gasteiger partial charge in [-0.05, 0) is 37.9 Å². The van der Waals surface area contributed by atoms with Gasteiger partial charge in [-0.15, -0.1) is 0 Å². The van der Waals surface area contributed by atoms with E-state index in [1.165, 1.54) is 6.42 Å². The molecule has 1 heterocycles. The van der Waals surface area contributed by atoms with E-state index in [1.807, 2.05) is 11.8 Å². The Balaban J connectivity index is 1.78. The van der Waals surface area contributed by atoms with Crippen molar-refractivity contribution >= 4 is 23.8 Å². The van der Waals surface area contributed by atoms with Crippen LogP contribution >= 0.6 is 11.8 Å². The molecule has 0 aromatic rings. The lowest BCUT2D eigenvalue weighted by Gasteiger charge is -2.31. The van der Waals surface area contributed by atoms with Crippen molar-refractivity contribution in [3.8, 4) is 0 Å². The second-order valence-corrected chi connectivity index (χ2v) is 7.24. The van der Waals surface area contributed by atoms with Gasteiger partial charge in [-0.25, -0.2) is 4.79 Å². The lowest BCUT2D eigenvalue weighted by atomic mass is 9.99. The Hall–Kier alpha value is -0.910. The van der Waals surface area contributed by atoms with Crippen LogP contribution < -0.4 is 5.32 Å². The molecule has 2 amide bonds. The minimum Gasteiger partial charge on any atom is -0.481 e. The molecule has 0 bridgehead atoms. The lowest BCUT2D eigenvalue weighted by Crippen LogP contribution is -2.49. The quantitative estimate of drug-likeness (QED) is 0.835. The van der Waals surface area contributed by atoms with Gasteiger partial charge in [-0.2, -0.15) is 11.8 Å². The summed E-state index contributed by atoms with van der Waals surface area (Å²) in [6.07, 6.45) is 4.71. The van der Waals surface area contributed by atoms with Gasteiger partial charge in [-0.1, -0.05) is 6.92 Å². The topological polar surface area (TPSA) is 69.6 Å². The second kappa shape index (κ2) is 7.20. The summed E-state index contributed by atoms with van der Waals surface area (Å²) < 4.78 is 0. The second-order valence-electron chi connectivity index (χ2n) is 5.66. The molecule has 0 spiro atoms. The zero-order valence-electron chi connectivity index (χ0n) is 12.0. The van der Waals surface area contributed by atoms with Gasteiger partial charge in [0.15, 0.2) is 0 Å². The van der Waals surface area contributed by atoms with E-state index >= 15 is 0 Å². The zero-order valence-corrected chi connectivity index (χ0v) is 12.8. The van der Waals surface area contributed by atoms with Crippen molar-refractivity contribution < 1.29 is 14.7 Å². The number of piperidine rings is 1. The molecule has 1 saturated heterocycles. The smallest absolute Gasteiger partial charge is 0.317 e. The zero-order chi connectivity index (χ0) is 14.5. The van der Waals surface area contributed by atoms with Gasteiger partial charge in [0, 0.05) is 24.4 Å². The highest BCUT2D eigenvalue weighted by molar-refractivity contribution is 7.99. The van der Waals surface area contributed by atoms with Crippen molar-refractivity contribution in [2.24, 2.45) is 5.92 Å². The summed E-state index contributed by atoms with van der Waals surface area (Å²) in [5.41, 5.74) is 0. The van der Waals surface area contributed by atoms with Crippen LogP contribution in [0.5, 0.6) is 0 Å². The first kappa shape index (κ1) is 15.5. The summed E-state index contributed by atoms with van der Waals surface area (Å²) >= 11 is 1.97. The summed E-state index contributed by atoms with van der Waals surface area (Å²) in [5, 5.41) is 12.8. The first-order chi connectivity index (χ1) is 9.60. The van der Waals surface area contributed by atoms with Gasteiger partial charge in [0.1, 0.15) is 0 Å². The number of carboxylic acids is 1. The summed E-state index contributed by atoms with van der Waals surface area (Å²) in [6, 6.07) is 0.180. The first-order valence-corrected chi connectivity index (χ1v) is 8.54. The van der Waals surface area contributed by atoms with E-state index in [0.29, 0.717) is 24.8 Å². The predicted molar refractivity (Wildman–Crippen MR) is 80.0 cm³/mol. The van der Waals surface area contributed by atoms with Crippen LogP contribution in [0, 0.1) is 5.92 Å². The number of likely N-dealkylation sites (tertiary alicyclic amines) is 1. The Morgan fingerprint density at radius 2 is 2.15 bits per heavy atom. The molecule has 3 atom stereocenters. The maximum absolute atomic E-state index is 12.2. The maximum atomic E-state index is 12.2. The van der Waals surface area contributed by atoms with Gasteiger partial charge in [0.25, 0.3) is 0 Å². The van der Waals surface area contributed by atoms with Crippen LogP contribution in [0.4, 0.5) is 4.79 Å². The van der Waals surface area contributed by atoms with Gasteiger partial charge in [0.05, 0.1) is 5.92 Å². The number of carbonyl (C=O) groups is 2. The molecule has 5 nitrogen and oxygen atoms in total. The van der Waals surface area contributed by atoms with Crippen LogP contribution in [0.1, 0.15) is 39.0 Å². The van der Waals surface area contributed by atoms with Crippen molar-refractivity contribution in [2.45, 2.75) is 50.3 Å². The predicted octanol–water partition coefficient (Wildman–Crippen LogP) is 2.17. The van der Waals surface area contributed by atoms with Gasteiger partial charge in [0.2, 0.25) is 0 Å². The van der Waals surface area contributed by atoms with Crippen molar-refractivity contribution in [3.05, 3.63) is 0 Å². The highest BCUT2D eigenvalue weighted by atomic mass is 32.2. The molecule has 6 heteroatoms. The monoisotopic (exact) mass is 300 g/mol. The van der Waals surface area contributed by atoms with Crippen LogP contribution in [0.3, 0.4) is 0 Å². The third-order valence-corrected chi connectivity index (χ3v) is 5.41. The number of nitrogens with zero attached hydrogens (tertiary/aromatic N) is 1. The van der Waals surface area contributed by atoms with Crippen molar-refractivity contribution in [3.63, 3.8) is 0 Å². The number of nitrogens with one attached hydrogen (secondary N) is 1. The molecule has 0 radical (unpaired) electrons. The summed E-state index contributed by atoms with van der Waals surface area (Å²) in [6.45, 7) is 3.19. The van der Waals surface area contributed by atoms with E-state index < -0.39 is 11.9 Å². The first-order valence-electron chi connectivity index (χ1n) is 7.50. The lowest BCUT2D eigenvalue weighted by molar-refractivity contribution is -0.143. The van der Waals surface area contributed by atoms with Crippen LogP contribution in [0.25, 0.3) is 0 Å². The largest absolute Gasteiger partial charge is 0.481 e. The van der Waals surface area contributed by atoms with E-state index in [1.54, 1.807) is 4.90 Å². The Morgan fingerprint density at radius 3 is 2.85 bits per heavy atom. The van der Waals surface area contributed by atoms with Crippen LogP contribution in [-0.2, 0) is 4.79 Å². The van der Waals surface area contributed by atoms with Gasteiger partial charge >= 0.3 is 12.0 Å². The average molecular weight is 300 g/mol. The molecule has 20 heavy (non-hydrogen) atoms. The SMILES string of the molecule is CCSC1CCC(NC(=O)N2CCCC(C(=O)O)C2)C1. The van der Waals surface area contributed by atoms with Crippen molar-refractivity contribution in [1.29, 1.82) is 0 Å². The number of aliphatic carboxylic acids is 1. The summed E-state index contributed by atoms with van der Waals surface area (Å²) in [7, 11) is 0. The minimum atomic E-state index is -0.789. The number of hydrogen-bond acceptors (Lipinski definition) is 3. The van der Waals surface area contributed by atoms with Crippen molar-refractivity contribution in [1.82, 2.24) is 10.2 Å². The number of thioether (sulfide) groups is 1. The number of urea groups is 1. The number of rotatable bonds is 4. The van der Waals surface area contributed by atoms with Gasteiger partial charge < -0.3 is 15.3 Å². The van der Waals surface area contributed by atoms with Crippen molar-refractivity contribution in [2.75, 3.05) is 18.8 Å². The number of hydrogen-bond donors (Lipinski definition) is 2. The molecule has 2 N–H and O–H groups in total. The normalized spacial score (nSPS) is 30.2. The molecule has 3 unspecified atom stereocenters. The van der Waals surface area contributed by atoms with E-state index in [9.17, 15) is 9.59 Å². The molecular formula is C14H24N2O3S. The number of carboxylic acid groups (broad SMARTS) is 1. The summed E-state index contributed by atoms with van der Waals surface area (Å²) in [4.78, 5) is 24.9. The Labute approximate surface area is 124 Å². The highest BCUT2D eigenvalue weighted by Crippen LogP contribution is 2.29. The summed E-state index contributed by atoms with van der Waals surface area (Å²) in [5.74, 6) is -0.0677.